The highest BCUT2D eigenvalue weighted by Gasteiger charge is 2.56. The fourth-order valence-electron chi connectivity index (χ4n) is 0.705. The lowest BCUT2D eigenvalue weighted by Gasteiger charge is -2.18. The lowest BCUT2D eigenvalue weighted by Crippen LogP contribution is -2.36. The molecule has 0 atom stereocenters. The van der Waals surface area contributed by atoms with Crippen LogP contribution in [-0.4, -0.2) is 25.3 Å². The summed E-state index contributed by atoms with van der Waals surface area (Å²) in [4.78, 5) is 0. The van der Waals surface area contributed by atoms with Gasteiger partial charge in [0.25, 0.3) is 0 Å². The van der Waals surface area contributed by atoms with E-state index in [9.17, 15) is 22.0 Å². The maximum Gasteiger partial charge on any atom is 0.453 e. The second kappa shape index (κ2) is 5.29. The number of rotatable bonds is 6. The van der Waals surface area contributed by atoms with Crippen LogP contribution in [0.1, 0.15) is 12.8 Å². The minimum atomic E-state index is -5.47. The van der Waals surface area contributed by atoms with Crippen molar-refractivity contribution in [1.29, 1.82) is 0 Å². The van der Waals surface area contributed by atoms with Crippen molar-refractivity contribution in [1.82, 2.24) is 0 Å². The molecule has 14 heavy (non-hydrogen) atoms. The van der Waals surface area contributed by atoms with Gasteiger partial charge in [-0.1, -0.05) is 6.08 Å². The van der Waals surface area contributed by atoms with Crippen molar-refractivity contribution in [3.8, 4) is 0 Å². The van der Waals surface area contributed by atoms with Crippen LogP contribution < -0.4 is 0 Å². The Morgan fingerprint density at radius 2 is 1.71 bits per heavy atom. The maximum atomic E-state index is 12.2. The zero-order valence-corrected chi connectivity index (χ0v) is 7.41. The first-order chi connectivity index (χ1) is 6.31. The van der Waals surface area contributed by atoms with Crippen molar-refractivity contribution in [3.63, 3.8) is 0 Å². The van der Waals surface area contributed by atoms with Gasteiger partial charge in [-0.15, -0.1) is 6.58 Å². The van der Waals surface area contributed by atoms with Gasteiger partial charge in [-0.3, -0.25) is 0 Å². The Kier molecular flexibility index (Phi) is 5.04. The predicted molar refractivity (Wildman–Crippen MR) is 41.3 cm³/mol. The molecule has 0 aliphatic carbocycles. The van der Waals surface area contributed by atoms with Gasteiger partial charge in [0, 0.05) is 13.0 Å². The second-order valence-corrected chi connectivity index (χ2v) is 2.67. The monoisotopic (exact) mass is 218 g/mol. The summed E-state index contributed by atoms with van der Waals surface area (Å²) < 4.78 is 64.0. The number of hydrogen-bond donors (Lipinski definition) is 0. The summed E-state index contributed by atoms with van der Waals surface area (Å²) in [5.74, 6) is -4.62. The van der Waals surface area contributed by atoms with Gasteiger partial charge in [0.15, 0.2) is 0 Å². The average Bonchev–Trinajstić information content (AvgIpc) is 2.02. The molecule has 84 valence electrons. The number of ether oxygens (including phenoxy) is 1. The molecule has 0 saturated heterocycles. The highest BCUT2D eigenvalue weighted by atomic mass is 19.4. The molecule has 0 aromatic rings. The Hall–Kier alpha value is -0.650. The zero-order valence-electron chi connectivity index (χ0n) is 7.41. The molecule has 0 radical (unpaired) electrons. The summed E-state index contributed by atoms with van der Waals surface area (Å²) in [5.41, 5.74) is 0. The lowest BCUT2D eigenvalue weighted by molar-refractivity contribution is -0.285. The van der Waals surface area contributed by atoms with E-state index in [2.05, 4.69) is 11.3 Å². The van der Waals surface area contributed by atoms with Gasteiger partial charge in [-0.2, -0.15) is 22.0 Å². The van der Waals surface area contributed by atoms with E-state index >= 15 is 0 Å². The SMILES string of the molecule is C=CCOCCCC(F)(F)C(F)(F)F. The molecule has 0 N–H and O–H groups in total. The normalized spacial score (nSPS) is 12.9. The molecule has 0 bridgehead atoms. The standard InChI is InChI=1S/C8H11F5O/c1-2-5-14-6-3-4-7(9,10)8(11,12)13/h2H,1,3-6H2. The van der Waals surface area contributed by atoms with E-state index in [1.165, 1.54) is 6.08 Å². The van der Waals surface area contributed by atoms with Crippen LogP contribution in [0.15, 0.2) is 12.7 Å². The summed E-state index contributed by atoms with van der Waals surface area (Å²) in [5, 5.41) is 0. The van der Waals surface area contributed by atoms with E-state index in [1.54, 1.807) is 0 Å². The summed E-state index contributed by atoms with van der Waals surface area (Å²) >= 11 is 0. The molecule has 0 heterocycles. The zero-order chi connectivity index (χ0) is 11.2. The molecule has 0 saturated carbocycles. The van der Waals surface area contributed by atoms with Crippen LogP contribution in [0, 0.1) is 0 Å². The summed E-state index contributed by atoms with van der Waals surface area (Å²) in [7, 11) is 0. The van der Waals surface area contributed by atoms with Gasteiger partial charge in [-0.05, 0) is 6.42 Å². The topological polar surface area (TPSA) is 9.23 Å². The molecule has 0 aromatic carbocycles. The van der Waals surface area contributed by atoms with Crippen LogP contribution in [0.4, 0.5) is 22.0 Å². The van der Waals surface area contributed by atoms with E-state index in [4.69, 9.17) is 0 Å². The first-order valence-corrected chi connectivity index (χ1v) is 3.94. The molecule has 0 aliphatic heterocycles. The van der Waals surface area contributed by atoms with Crippen LogP contribution in [0.25, 0.3) is 0 Å². The van der Waals surface area contributed by atoms with Crippen molar-refractivity contribution < 1.29 is 26.7 Å². The summed E-state index contributed by atoms with van der Waals surface area (Å²) in [6.07, 6.45) is -5.65. The second-order valence-electron chi connectivity index (χ2n) is 2.67. The summed E-state index contributed by atoms with van der Waals surface area (Å²) in [6, 6.07) is 0. The van der Waals surface area contributed by atoms with Crippen molar-refractivity contribution >= 4 is 0 Å². The van der Waals surface area contributed by atoms with Crippen LogP contribution in [0.5, 0.6) is 0 Å². The number of hydrogen-bond acceptors (Lipinski definition) is 1. The molecular weight excluding hydrogens is 207 g/mol. The fraction of sp³-hybridized carbons (Fsp3) is 0.750. The molecular formula is C8H11F5O. The van der Waals surface area contributed by atoms with E-state index in [-0.39, 0.29) is 19.6 Å². The lowest BCUT2D eigenvalue weighted by atomic mass is 10.2. The minimum absolute atomic E-state index is 0.127. The first kappa shape index (κ1) is 13.4. The van der Waals surface area contributed by atoms with Gasteiger partial charge in [-0.25, -0.2) is 0 Å². The maximum absolute atomic E-state index is 12.2. The Morgan fingerprint density at radius 1 is 1.14 bits per heavy atom. The van der Waals surface area contributed by atoms with Gasteiger partial charge in [0.1, 0.15) is 0 Å². The third-order valence-corrected chi connectivity index (χ3v) is 1.43. The minimum Gasteiger partial charge on any atom is -0.377 e. The predicted octanol–water partition coefficient (Wildman–Crippen LogP) is 3.17. The van der Waals surface area contributed by atoms with Crippen molar-refractivity contribution in [2.45, 2.75) is 24.9 Å². The van der Waals surface area contributed by atoms with Crippen LogP contribution in [0.2, 0.25) is 0 Å². The molecule has 0 fully saturated rings. The molecule has 6 heteroatoms. The Morgan fingerprint density at radius 3 is 2.14 bits per heavy atom. The van der Waals surface area contributed by atoms with E-state index < -0.39 is 18.5 Å². The first-order valence-electron chi connectivity index (χ1n) is 3.94. The Balaban J connectivity index is 3.72. The molecule has 0 unspecified atom stereocenters. The van der Waals surface area contributed by atoms with Gasteiger partial charge < -0.3 is 4.74 Å². The molecule has 0 spiro atoms. The molecule has 0 aliphatic rings. The fourth-order valence-corrected chi connectivity index (χ4v) is 0.705. The van der Waals surface area contributed by atoms with E-state index in [0.29, 0.717) is 0 Å². The molecule has 0 rings (SSSR count). The number of alkyl halides is 5. The third kappa shape index (κ3) is 4.55. The molecule has 0 aromatic heterocycles. The smallest absolute Gasteiger partial charge is 0.377 e. The highest BCUT2D eigenvalue weighted by molar-refractivity contribution is 4.75. The van der Waals surface area contributed by atoms with Gasteiger partial charge in [0.05, 0.1) is 6.61 Å². The Bertz CT molecular complexity index is 175. The quantitative estimate of drug-likeness (QED) is 0.378. The molecule has 1 nitrogen and oxygen atoms in total. The third-order valence-electron chi connectivity index (χ3n) is 1.43. The summed E-state index contributed by atoms with van der Waals surface area (Å²) in [6.45, 7) is 3.32. The van der Waals surface area contributed by atoms with Crippen molar-refractivity contribution in [2.24, 2.45) is 0 Å². The molecule has 0 amide bonds. The number of halogens is 5. The van der Waals surface area contributed by atoms with Crippen LogP contribution in [-0.2, 0) is 4.74 Å². The Labute approximate surface area is 78.5 Å². The largest absolute Gasteiger partial charge is 0.453 e. The van der Waals surface area contributed by atoms with E-state index in [0.717, 1.165) is 0 Å². The van der Waals surface area contributed by atoms with Crippen LogP contribution >= 0.6 is 0 Å². The van der Waals surface area contributed by atoms with Gasteiger partial charge >= 0.3 is 12.1 Å². The highest BCUT2D eigenvalue weighted by Crippen LogP contribution is 2.38. The van der Waals surface area contributed by atoms with E-state index in [1.807, 2.05) is 0 Å². The van der Waals surface area contributed by atoms with Crippen LogP contribution in [0.3, 0.4) is 0 Å². The van der Waals surface area contributed by atoms with Crippen molar-refractivity contribution in [2.75, 3.05) is 13.2 Å². The van der Waals surface area contributed by atoms with Crippen molar-refractivity contribution in [3.05, 3.63) is 12.7 Å². The average molecular weight is 218 g/mol. The van der Waals surface area contributed by atoms with Gasteiger partial charge in [0.2, 0.25) is 0 Å².